The van der Waals surface area contributed by atoms with E-state index >= 15 is 0 Å². The highest BCUT2D eigenvalue weighted by Crippen LogP contribution is 2.43. The van der Waals surface area contributed by atoms with Crippen LogP contribution in [-0.2, 0) is 11.3 Å². The summed E-state index contributed by atoms with van der Waals surface area (Å²) in [6.45, 7) is 9.07. The SMILES string of the molecule is CC1(C)COc2cccc(CN3CCC4(CC3)CCN(C(=O)c3ccnc(C(N)=O)c3)CC4)c2O1.O=C(O)C(F)(F)F. The number of carboxylic acids is 1. The van der Waals surface area contributed by atoms with Crippen LogP contribution in [0.2, 0.25) is 0 Å². The van der Waals surface area contributed by atoms with Crippen molar-refractivity contribution in [3.8, 4) is 11.5 Å². The number of hydrogen-bond donors (Lipinski definition) is 2. The fourth-order valence-corrected chi connectivity index (χ4v) is 5.46. The summed E-state index contributed by atoms with van der Waals surface area (Å²) in [5.41, 5.74) is 7.06. The number of rotatable bonds is 4. The molecular weight excluding hydrogens is 557 g/mol. The van der Waals surface area contributed by atoms with Crippen LogP contribution >= 0.6 is 0 Å². The number of hydrogen-bond acceptors (Lipinski definition) is 7. The summed E-state index contributed by atoms with van der Waals surface area (Å²) >= 11 is 0. The van der Waals surface area contributed by atoms with Gasteiger partial charge in [0.2, 0.25) is 0 Å². The molecule has 10 nitrogen and oxygen atoms in total. The number of alkyl halides is 3. The van der Waals surface area contributed by atoms with Crippen LogP contribution in [0, 0.1) is 5.41 Å². The van der Waals surface area contributed by atoms with Crippen LogP contribution < -0.4 is 15.2 Å². The van der Waals surface area contributed by atoms with Crippen LogP contribution in [0.3, 0.4) is 0 Å². The Hall–Kier alpha value is -3.87. The third-order valence-corrected chi connectivity index (χ3v) is 7.94. The van der Waals surface area contributed by atoms with E-state index in [0.717, 1.165) is 69.9 Å². The second-order valence-corrected chi connectivity index (χ2v) is 11.6. The summed E-state index contributed by atoms with van der Waals surface area (Å²) < 4.78 is 43.9. The van der Waals surface area contributed by atoms with Crippen LogP contribution in [-0.4, -0.2) is 82.2 Å². The number of aliphatic carboxylic acids is 1. The average Bonchev–Trinajstić information content (AvgIpc) is 2.94. The molecule has 5 rings (SSSR count). The first-order valence-electron chi connectivity index (χ1n) is 13.7. The molecule has 0 radical (unpaired) electrons. The van der Waals surface area contributed by atoms with Crippen molar-refractivity contribution in [3.63, 3.8) is 0 Å². The molecule has 228 valence electrons. The Morgan fingerprint density at radius 2 is 1.67 bits per heavy atom. The van der Waals surface area contributed by atoms with Gasteiger partial charge in [-0.05, 0) is 76.2 Å². The Kier molecular flexibility index (Phi) is 9.00. The average molecular weight is 593 g/mol. The number of pyridine rings is 1. The standard InChI is InChI=1S/C27H34N4O4.C2HF3O2/c1-26(2)18-34-22-5-3-4-20(23(22)35-26)17-30-12-7-27(8-13-30)9-14-31(15-10-27)25(33)19-6-11-29-21(16-19)24(28)32;3-2(4,5)1(6)7/h3-6,11,16H,7-10,12-15,17-18H2,1-2H3,(H2,28,32);(H,6,7). The van der Waals surface area contributed by atoms with Crippen molar-refractivity contribution in [2.75, 3.05) is 32.8 Å². The lowest BCUT2D eigenvalue weighted by molar-refractivity contribution is -0.192. The van der Waals surface area contributed by atoms with Crippen molar-refractivity contribution in [2.24, 2.45) is 11.1 Å². The minimum absolute atomic E-state index is 0.0545. The van der Waals surface area contributed by atoms with Gasteiger partial charge in [-0.2, -0.15) is 13.2 Å². The molecule has 0 atom stereocenters. The third-order valence-electron chi connectivity index (χ3n) is 7.94. The molecule has 0 aliphatic carbocycles. The lowest BCUT2D eigenvalue weighted by atomic mass is 9.71. The van der Waals surface area contributed by atoms with E-state index in [1.165, 1.54) is 17.8 Å². The number of ether oxygens (including phenoxy) is 2. The first kappa shape index (κ1) is 31.1. The second-order valence-electron chi connectivity index (χ2n) is 11.6. The number of likely N-dealkylation sites (tertiary alicyclic amines) is 2. The molecule has 0 bridgehead atoms. The van der Waals surface area contributed by atoms with Gasteiger partial charge in [0, 0.05) is 37.0 Å². The number of benzene rings is 1. The van der Waals surface area contributed by atoms with E-state index in [0.29, 0.717) is 17.6 Å². The number of aromatic nitrogens is 1. The predicted octanol–water partition coefficient (Wildman–Crippen LogP) is 3.88. The van der Waals surface area contributed by atoms with Crippen LogP contribution in [0.1, 0.15) is 65.9 Å². The number of carbonyl (C=O) groups is 3. The van der Waals surface area contributed by atoms with Gasteiger partial charge in [-0.3, -0.25) is 19.5 Å². The van der Waals surface area contributed by atoms with Gasteiger partial charge in [0.15, 0.2) is 11.5 Å². The van der Waals surface area contributed by atoms with E-state index < -0.39 is 18.1 Å². The molecule has 2 fully saturated rings. The zero-order chi connectivity index (χ0) is 30.7. The Morgan fingerprint density at radius 1 is 1.05 bits per heavy atom. The van der Waals surface area contributed by atoms with Gasteiger partial charge in [-0.1, -0.05) is 12.1 Å². The first-order chi connectivity index (χ1) is 19.7. The Bertz CT molecular complexity index is 1310. The van der Waals surface area contributed by atoms with Crippen molar-refractivity contribution in [3.05, 3.63) is 53.3 Å². The molecule has 3 aliphatic heterocycles. The van der Waals surface area contributed by atoms with Gasteiger partial charge in [-0.25, -0.2) is 4.79 Å². The fraction of sp³-hybridized carbons (Fsp3) is 0.517. The number of nitrogens with zero attached hydrogens (tertiary/aromatic N) is 3. The lowest BCUT2D eigenvalue weighted by Crippen LogP contribution is -2.48. The summed E-state index contributed by atoms with van der Waals surface area (Å²) in [6, 6.07) is 9.31. The van der Waals surface area contributed by atoms with Crippen molar-refractivity contribution >= 4 is 17.8 Å². The van der Waals surface area contributed by atoms with Crippen LogP contribution in [0.5, 0.6) is 11.5 Å². The van der Waals surface area contributed by atoms with Crippen molar-refractivity contribution < 1.29 is 42.1 Å². The highest BCUT2D eigenvalue weighted by atomic mass is 19.4. The highest BCUT2D eigenvalue weighted by Gasteiger charge is 2.40. The number of primary amides is 1. The number of nitrogens with two attached hydrogens (primary N) is 1. The Balaban J connectivity index is 0.000000517. The first-order valence-corrected chi connectivity index (χ1v) is 13.7. The molecule has 0 saturated carbocycles. The molecule has 3 aliphatic rings. The summed E-state index contributed by atoms with van der Waals surface area (Å²) in [5.74, 6) is -1.72. The molecule has 1 aromatic carbocycles. The monoisotopic (exact) mass is 592 g/mol. The normalized spacial score (nSPS) is 19.4. The molecule has 42 heavy (non-hydrogen) atoms. The molecular formula is C29H35F3N4O6. The number of halogens is 3. The molecule has 0 unspecified atom stereocenters. The summed E-state index contributed by atoms with van der Waals surface area (Å²) in [5, 5.41) is 7.12. The maximum Gasteiger partial charge on any atom is 0.490 e. The van der Waals surface area contributed by atoms with Crippen LogP contribution in [0.25, 0.3) is 0 Å². The van der Waals surface area contributed by atoms with E-state index in [9.17, 15) is 22.8 Å². The summed E-state index contributed by atoms with van der Waals surface area (Å²) in [4.78, 5) is 41.6. The van der Waals surface area contributed by atoms with Crippen molar-refractivity contribution in [2.45, 2.75) is 57.9 Å². The summed E-state index contributed by atoms with van der Waals surface area (Å²) in [6.07, 6.45) is 0.664. The quantitative estimate of drug-likeness (QED) is 0.546. The number of fused-ring (bicyclic) bond motifs is 1. The maximum absolute atomic E-state index is 13.0. The van der Waals surface area contributed by atoms with E-state index in [-0.39, 0.29) is 17.2 Å². The Morgan fingerprint density at radius 3 is 2.26 bits per heavy atom. The van der Waals surface area contributed by atoms with E-state index in [4.69, 9.17) is 25.1 Å². The fourth-order valence-electron chi connectivity index (χ4n) is 5.46. The number of para-hydroxylation sites is 1. The molecule has 13 heteroatoms. The van der Waals surface area contributed by atoms with Gasteiger partial charge < -0.3 is 25.2 Å². The third kappa shape index (κ3) is 7.50. The molecule has 2 amide bonds. The molecule has 2 aromatic rings. The van der Waals surface area contributed by atoms with Crippen LogP contribution in [0.4, 0.5) is 13.2 Å². The highest BCUT2D eigenvalue weighted by molar-refractivity contribution is 5.98. The maximum atomic E-state index is 13.0. The van der Waals surface area contributed by atoms with Gasteiger partial charge in [-0.15, -0.1) is 0 Å². The molecule has 1 aromatic heterocycles. The Labute approximate surface area is 241 Å². The molecule has 2 saturated heterocycles. The van der Waals surface area contributed by atoms with E-state index in [1.807, 2.05) is 17.0 Å². The van der Waals surface area contributed by atoms with Gasteiger partial charge in [0.05, 0.1) is 0 Å². The van der Waals surface area contributed by atoms with E-state index in [1.54, 1.807) is 6.07 Å². The van der Waals surface area contributed by atoms with E-state index in [2.05, 4.69) is 29.8 Å². The zero-order valence-electron chi connectivity index (χ0n) is 23.6. The number of carboxylic acid groups (broad SMARTS) is 1. The second kappa shape index (κ2) is 12.2. The van der Waals surface area contributed by atoms with Crippen molar-refractivity contribution in [1.82, 2.24) is 14.8 Å². The number of carbonyl (C=O) groups excluding carboxylic acids is 2. The number of amides is 2. The van der Waals surface area contributed by atoms with Gasteiger partial charge in [0.1, 0.15) is 17.9 Å². The van der Waals surface area contributed by atoms with Crippen LogP contribution in [0.15, 0.2) is 36.5 Å². The van der Waals surface area contributed by atoms with Crippen molar-refractivity contribution in [1.29, 1.82) is 0 Å². The topological polar surface area (TPSA) is 135 Å². The zero-order valence-corrected chi connectivity index (χ0v) is 23.6. The van der Waals surface area contributed by atoms with Gasteiger partial charge in [0.25, 0.3) is 11.8 Å². The largest absolute Gasteiger partial charge is 0.490 e. The summed E-state index contributed by atoms with van der Waals surface area (Å²) in [7, 11) is 0. The minimum atomic E-state index is -5.08. The molecule has 1 spiro atoms. The molecule has 4 heterocycles. The minimum Gasteiger partial charge on any atom is -0.486 e. The predicted molar refractivity (Wildman–Crippen MR) is 145 cm³/mol. The molecule has 3 N–H and O–H groups in total. The van der Waals surface area contributed by atoms with Gasteiger partial charge >= 0.3 is 12.1 Å². The number of piperidine rings is 2. The lowest BCUT2D eigenvalue weighted by Gasteiger charge is -2.47. The smallest absolute Gasteiger partial charge is 0.486 e.